The standard InChI is InChI=1S/C22H25BrN2O3S.HI/c1-2-27-21(26)15-17(5-3-4-14-29-22(24)25)16-6-10-19(11-7-16)28-20-12-8-18(23)9-13-20;/h6-13,15H,2-5,14H2,1H3,(H3,24,25);1H. The summed E-state index contributed by atoms with van der Waals surface area (Å²) in [7, 11) is 0. The minimum atomic E-state index is -0.337. The minimum Gasteiger partial charge on any atom is -0.463 e. The molecule has 162 valence electrons. The highest BCUT2D eigenvalue weighted by Crippen LogP contribution is 2.27. The van der Waals surface area contributed by atoms with E-state index in [2.05, 4.69) is 15.9 Å². The number of thioether (sulfide) groups is 1. The van der Waals surface area contributed by atoms with E-state index in [1.54, 1.807) is 13.0 Å². The van der Waals surface area contributed by atoms with Crippen LogP contribution in [0, 0.1) is 5.41 Å². The van der Waals surface area contributed by atoms with Crippen molar-refractivity contribution in [1.82, 2.24) is 0 Å². The zero-order valence-corrected chi connectivity index (χ0v) is 21.5. The number of carbonyl (C=O) groups excluding carboxylic acids is 1. The van der Waals surface area contributed by atoms with Gasteiger partial charge >= 0.3 is 5.97 Å². The molecule has 0 unspecified atom stereocenters. The number of nitrogens with one attached hydrogen (secondary N) is 1. The van der Waals surface area contributed by atoms with Crippen molar-refractivity contribution in [1.29, 1.82) is 5.41 Å². The molecule has 0 saturated heterocycles. The molecular formula is C22H26BrIN2O3S. The lowest BCUT2D eigenvalue weighted by molar-refractivity contribution is -0.137. The van der Waals surface area contributed by atoms with Gasteiger partial charge in [0.25, 0.3) is 0 Å². The van der Waals surface area contributed by atoms with Crippen LogP contribution in [0.3, 0.4) is 0 Å². The fraction of sp³-hybridized carbons (Fsp3) is 0.273. The van der Waals surface area contributed by atoms with Crippen LogP contribution in [0.15, 0.2) is 59.1 Å². The van der Waals surface area contributed by atoms with E-state index in [1.807, 2.05) is 48.5 Å². The van der Waals surface area contributed by atoms with Crippen LogP contribution in [0.2, 0.25) is 0 Å². The van der Waals surface area contributed by atoms with Crippen molar-refractivity contribution in [3.05, 3.63) is 64.6 Å². The Morgan fingerprint density at radius 1 is 1.10 bits per heavy atom. The number of benzene rings is 2. The number of rotatable bonds is 10. The Morgan fingerprint density at radius 2 is 1.70 bits per heavy atom. The average molecular weight is 605 g/mol. The van der Waals surface area contributed by atoms with E-state index in [0.717, 1.165) is 52.1 Å². The molecule has 0 amide bonds. The van der Waals surface area contributed by atoms with Gasteiger partial charge in [0.15, 0.2) is 5.17 Å². The van der Waals surface area contributed by atoms with Gasteiger partial charge in [0.2, 0.25) is 0 Å². The molecule has 2 rings (SSSR count). The fourth-order valence-corrected chi connectivity index (χ4v) is 3.43. The summed E-state index contributed by atoms with van der Waals surface area (Å²) < 4.78 is 11.9. The fourth-order valence-electron chi connectivity index (χ4n) is 2.60. The maximum Gasteiger partial charge on any atom is 0.331 e. The first-order chi connectivity index (χ1) is 14.0. The summed E-state index contributed by atoms with van der Waals surface area (Å²) in [6, 6.07) is 15.3. The Balaban J connectivity index is 0.00000450. The summed E-state index contributed by atoms with van der Waals surface area (Å²) in [6.07, 6.45) is 4.11. The van der Waals surface area contributed by atoms with Crippen LogP contribution in [0.4, 0.5) is 0 Å². The molecule has 2 aromatic rings. The van der Waals surface area contributed by atoms with Crippen molar-refractivity contribution in [2.24, 2.45) is 5.73 Å². The molecule has 0 radical (unpaired) electrons. The smallest absolute Gasteiger partial charge is 0.331 e. The maximum atomic E-state index is 12.0. The van der Waals surface area contributed by atoms with Crippen LogP contribution in [-0.4, -0.2) is 23.5 Å². The Morgan fingerprint density at radius 3 is 2.27 bits per heavy atom. The molecule has 0 spiro atoms. The molecule has 8 heteroatoms. The average Bonchev–Trinajstić information content (AvgIpc) is 2.69. The van der Waals surface area contributed by atoms with Crippen molar-refractivity contribution < 1.29 is 14.3 Å². The Hall–Kier alpha value is -1.52. The Kier molecular flexibility index (Phi) is 12.8. The molecule has 30 heavy (non-hydrogen) atoms. The number of amidine groups is 1. The molecule has 0 atom stereocenters. The number of allylic oxidation sites excluding steroid dienone is 1. The lowest BCUT2D eigenvalue weighted by Crippen LogP contribution is -2.04. The number of esters is 1. The van der Waals surface area contributed by atoms with Gasteiger partial charge in [-0.05, 0) is 73.7 Å². The number of unbranched alkanes of at least 4 members (excludes halogenated alkanes) is 1. The predicted molar refractivity (Wildman–Crippen MR) is 139 cm³/mol. The third-order valence-electron chi connectivity index (χ3n) is 3.95. The molecule has 0 aliphatic carbocycles. The van der Waals surface area contributed by atoms with E-state index < -0.39 is 0 Å². The largest absolute Gasteiger partial charge is 0.463 e. The van der Waals surface area contributed by atoms with Crippen molar-refractivity contribution in [3.63, 3.8) is 0 Å². The topological polar surface area (TPSA) is 85.4 Å². The molecule has 0 saturated carbocycles. The highest BCUT2D eigenvalue weighted by molar-refractivity contribution is 14.0. The number of halogens is 2. The lowest BCUT2D eigenvalue weighted by atomic mass is 10.00. The molecule has 3 N–H and O–H groups in total. The second kappa shape index (κ2) is 14.5. The van der Waals surface area contributed by atoms with Crippen molar-refractivity contribution >= 4 is 68.4 Å². The molecule has 0 bridgehead atoms. The van der Waals surface area contributed by atoms with Gasteiger partial charge in [0.05, 0.1) is 6.61 Å². The molecule has 0 aromatic heterocycles. The van der Waals surface area contributed by atoms with Gasteiger partial charge in [-0.3, -0.25) is 5.41 Å². The number of hydrogen-bond acceptors (Lipinski definition) is 5. The molecule has 2 aromatic carbocycles. The Bertz CT molecular complexity index is 842. The Labute approximate surface area is 207 Å². The summed E-state index contributed by atoms with van der Waals surface area (Å²) in [5, 5.41) is 7.39. The van der Waals surface area contributed by atoms with Gasteiger partial charge in [-0.15, -0.1) is 24.0 Å². The monoisotopic (exact) mass is 604 g/mol. The second-order valence-corrected chi connectivity index (χ2v) is 8.22. The predicted octanol–water partition coefficient (Wildman–Crippen LogP) is 6.60. The van der Waals surface area contributed by atoms with Gasteiger partial charge in [-0.1, -0.05) is 39.8 Å². The van der Waals surface area contributed by atoms with E-state index in [9.17, 15) is 4.79 Å². The van der Waals surface area contributed by atoms with Gasteiger partial charge in [-0.2, -0.15) is 0 Å². The number of nitrogens with two attached hydrogens (primary N) is 1. The van der Waals surface area contributed by atoms with E-state index in [0.29, 0.717) is 6.61 Å². The molecule has 0 heterocycles. The number of carbonyl (C=O) groups is 1. The normalized spacial score (nSPS) is 10.8. The van der Waals surface area contributed by atoms with Crippen LogP contribution in [0.5, 0.6) is 11.5 Å². The quantitative estimate of drug-likeness (QED) is 0.0797. The number of hydrogen-bond donors (Lipinski definition) is 2. The lowest BCUT2D eigenvalue weighted by Gasteiger charge is -2.10. The van der Waals surface area contributed by atoms with Crippen molar-refractivity contribution in [3.8, 4) is 11.5 Å². The summed E-state index contributed by atoms with van der Waals surface area (Å²) >= 11 is 4.74. The van der Waals surface area contributed by atoms with Crippen molar-refractivity contribution in [2.45, 2.75) is 26.2 Å². The van der Waals surface area contributed by atoms with Crippen LogP contribution in [-0.2, 0) is 9.53 Å². The summed E-state index contributed by atoms with van der Waals surface area (Å²) in [4.78, 5) is 12.0. The van der Waals surface area contributed by atoms with Crippen LogP contribution >= 0.6 is 51.7 Å². The third kappa shape index (κ3) is 9.99. The van der Waals surface area contributed by atoms with Crippen LogP contribution in [0.25, 0.3) is 5.57 Å². The second-order valence-electron chi connectivity index (χ2n) is 6.17. The highest BCUT2D eigenvalue weighted by atomic mass is 127. The molecule has 0 aliphatic rings. The maximum absolute atomic E-state index is 12.0. The molecule has 0 fully saturated rings. The minimum absolute atomic E-state index is 0. The van der Waals surface area contributed by atoms with Gasteiger partial charge in [-0.25, -0.2) is 4.79 Å². The molecule has 0 aliphatic heterocycles. The van der Waals surface area contributed by atoms with Gasteiger partial charge in [0.1, 0.15) is 11.5 Å². The zero-order valence-electron chi connectivity index (χ0n) is 16.7. The third-order valence-corrected chi connectivity index (χ3v) is 5.28. The first-order valence-electron chi connectivity index (χ1n) is 9.36. The SMILES string of the molecule is CCOC(=O)C=C(CCCCSC(=N)N)c1ccc(Oc2ccc(Br)cc2)cc1.I. The van der Waals surface area contributed by atoms with Crippen LogP contribution in [0.1, 0.15) is 31.7 Å². The first kappa shape index (κ1) is 26.5. The number of ether oxygens (including phenoxy) is 2. The first-order valence-corrected chi connectivity index (χ1v) is 11.1. The molecule has 5 nitrogen and oxygen atoms in total. The van der Waals surface area contributed by atoms with E-state index >= 15 is 0 Å². The summed E-state index contributed by atoms with van der Waals surface area (Å²) in [5.74, 6) is 1.94. The zero-order chi connectivity index (χ0) is 21.1. The summed E-state index contributed by atoms with van der Waals surface area (Å²) in [6.45, 7) is 2.14. The van der Waals surface area contributed by atoms with Gasteiger partial charge < -0.3 is 15.2 Å². The van der Waals surface area contributed by atoms with E-state index in [-0.39, 0.29) is 35.1 Å². The summed E-state index contributed by atoms with van der Waals surface area (Å²) in [5.41, 5.74) is 7.24. The van der Waals surface area contributed by atoms with E-state index in [4.69, 9.17) is 20.6 Å². The van der Waals surface area contributed by atoms with Gasteiger partial charge in [0, 0.05) is 16.3 Å². The molecular weight excluding hydrogens is 579 g/mol. The highest BCUT2D eigenvalue weighted by Gasteiger charge is 2.07. The van der Waals surface area contributed by atoms with Crippen LogP contribution < -0.4 is 10.5 Å². The van der Waals surface area contributed by atoms with Crippen molar-refractivity contribution in [2.75, 3.05) is 12.4 Å². The van der Waals surface area contributed by atoms with E-state index in [1.165, 1.54) is 11.8 Å².